The fourth-order valence-corrected chi connectivity index (χ4v) is 3.55. The number of carbonyl (C=O) groups is 1. The normalized spacial score (nSPS) is 10.6. The Balaban J connectivity index is 0.000000182. The van der Waals surface area contributed by atoms with E-state index in [-0.39, 0.29) is 29.1 Å². The van der Waals surface area contributed by atoms with Gasteiger partial charge in [-0.25, -0.2) is 24.5 Å². The number of amides is 1. The van der Waals surface area contributed by atoms with Gasteiger partial charge in [0.15, 0.2) is 5.65 Å². The third-order valence-corrected chi connectivity index (χ3v) is 5.88. The fraction of sp³-hybridized carbons (Fsp3) is 0.310. The Morgan fingerprint density at radius 1 is 0.805 bits per heavy atom. The van der Waals surface area contributed by atoms with Crippen LogP contribution in [0.5, 0.6) is 0 Å². The van der Waals surface area contributed by atoms with Crippen LogP contribution >= 0.6 is 0 Å². The van der Waals surface area contributed by atoms with Crippen LogP contribution in [0.3, 0.4) is 0 Å². The van der Waals surface area contributed by atoms with Crippen molar-refractivity contribution in [2.75, 3.05) is 5.32 Å². The molecule has 0 aliphatic heterocycles. The third-order valence-electron chi connectivity index (χ3n) is 5.88. The monoisotopic (exact) mass is 557 g/mol. The number of hydrogen-bond acceptors (Lipinski definition) is 8. The van der Waals surface area contributed by atoms with Gasteiger partial charge >= 0.3 is 11.4 Å². The zero-order chi connectivity index (χ0) is 30.1. The maximum absolute atomic E-state index is 11.9. The van der Waals surface area contributed by atoms with Crippen LogP contribution in [0.4, 0.5) is 5.82 Å². The van der Waals surface area contributed by atoms with Crippen molar-refractivity contribution in [1.82, 2.24) is 38.6 Å². The van der Waals surface area contributed by atoms with E-state index in [4.69, 9.17) is 0 Å². The molecule has 5 aromatic rings. The van der Waals surface area contributed by atoms with Gasteiger partial charge in [0.05, 0.1) is 12.0 Å². The molecule has 0 aliphatic carbocycles. The van der Waals surface area contributed by atoms with Crippen molar-refractivity contribution in [1.29, 1.82) is 0 Å². The second-order valence-electron chi connectivity index (χ2n) is 9.76. The maximum Gasteiger partial charge on any atom is 0.349 e. The van der Waals surface area contributed by atoms with E-state index in [0.717, 1.165) is 22.6 Å². The molecular weight excluding hydrogens is 522 g/mol. The molecule has 12 heteroatoms. The molecular formula is C29H35N9O3. The summed E-state index contributed by atoms with van der Waals surface area (Å²) in [6.45, 7) is 11.7. The molecule has 0 fully saturated rings. The van der Waals surface area contributed by atoms with Crippen molar-refractivity contribution in [3.05, 3.63) is 105 Å². The van der Waals surface area contributed by atoms with E-state index in [0.29, 0.717) is 11.6 Å². The zero-order valence-electron chi connectivity index (χ0n) is 24.3. The van der Waals surface area contributed by atoms with Crippen LogP contribution in [0.2, 0.25) is 0 Å². The topological polar surface area (TPSA) is 142 Å². The molecule has 1 N–H and O–H groups in total. The molecule has 12 nitrogen and oxygen atoms in total. The van der Waals surface area contributed by atoms with E-state index >= 15 is 0 Å². The predicted octanol–water partition coefficient (Wildman–Crippen LogP) is 3.88. The first-order chi connectivity index (χ1) is 19.5. The van der Waals surface area contributed by atoms with E-state index in [1.54, 1.807) is 69.1 Å². The van der Waals surface area contributed by atoms with Crippen LogP contribution in [-0.2, 0) is 7.05 Å². The van der Waals surface area contributed by atoms with Crippen LogP contribution in [0.25, 0.3) is 11.2 Å². The molecule has 41 heavy (non-hydrogen) atoms. The van der Waals surface area contributed by atoms with E-state index in [1.807, 2.05) is 37.7 Å². The molecule has 4 heterocycles. The summed E-state index contributed by atoms with van der Waals surface area (Å²) in [5, 5.41) is 2.60. The van der Waals surface area contributed by atoms with E-state index < -0.39 is 0 Å². The van der Waals surface area contributed by atoms with Gasteiger partial charge in [-0.05, 0) is 65.8 Å². The highest BCUT2D eigenvalue weighted by atomic mass is 16.2. The minimum atomic E-state index is -0.374. The lowest BCUT2D eigenvalue weighted by atomic mass is 10.2. The Morgan fingerprint density at radius 2 is 1.49 bits per heavy atom. The molecule has 1 aromatic carbocycles. The number of fused-ring (bicyclic) bond motifs is 1. The van der Waals surface area contributed by atoms with Crippen LogP contribution in [0.1, 0.15) is 61.5 Å². The van der Waals surface area contributed by atoms with E-state index in [1.165, 1.54) is 9.13 Å². The summed E-state index contributed by atoms with van der Waals surface area (Å²) in [5.74, 6) is -0.0226. The summed E-state index contributed by atoms with van der Waals surface area (Å²) < 4.78 is 4.98. The number of imidazole rings is 1. The fourth-order valence-electron chi connectivity index (χ4n) is 3.55. The minimum absolute atomic E-state index is 0.0406. The Bertz CT molecular complexity index is 1720. The number of hydrogen-bond donors (Lipinski definition) is 1. The maximum atomic E-state index is 11.9. The summed E-state index contributed by atoms with van der Waals surface area (Å²) in [7, 11) is 1.68. The summed E-state index contributed by atoms with van der Waals surface area (Å²) in [5.41, 5.74) is 3.47. The first kappa shape index (κ1) is 30.5. The standard InChI is InChI=1S/C14H15N3O2.C9H12N4.C6H8N2O/c1-10(2)17-9-8-12(16-14(17)19)15-13(18)11-6-4-3-5-7-11;1-6(2)13-5-12-8-7(3)10-4-11-9(8)13;1-5-3-4-8(2)6(9)7-5/h3-10H,1-2H3,(H,15,16,18,19);4-6H,1-3H3;3-4H,1-2H3. The molecule has 0 aliphatic rings. The molecule has 1 amide bonds. The van der Waals surface area contributed by atoms with Gasteiger partial charge in [0.25, 0.3) is 5.91 Å². The van der Waals surface area contributed by atoms with Gasteiger partial charge in [-0.1, -0.05) is 18.2 Å². The molecule has 5 rings (SSSR count). The first-order valence-corrected chi connectivity index (χ1v) is 13.1. The highest BCUT2D eigenvalue weighted by Crippen LogP contribution is 2.15. The number of rotatable bonds is 4. The van der Waals surface area contributed by atoms with Gasteiger partial charge < -0.3 is 14.5 Å². The van der Waals surface area contributed by atoms with Crippen molar-refractivity contribution in [2.45, 2.75) is 53.6 Å². The van der Waals surface area contributed by atoms with Gasteiger partial charge in [0, 0.05) is 42.8 Å². The van der Waals surface area contributed by atoms with Gasteiger partial charge in [-0.15, -0.1) is 0 Å². The van der Waals surface area contributed by atoms with Gasteiger partial charge in [0.2, 0.25) is 0 Å². The Kier molecular flexibility index (Phi) is 10.3. The average molecular weight is 558 g/mol. The number of aromatic nitrogens is 8. The van der Waals surface area contributed by atoms with Crippen LogP contribution in [0.15, 0.2) is 77.1 Å². The molecule has 0 saturated carbocycles. The molecule has 214 valence electrons. The highest BCUT2D eigenvalue weighted by molar-refractivity contribution is 6.03. The van der Waals surface area contributed by atoms with Gasteiger partial charge in [-0.3, -0.25) is 9.36 Å². The Hall–Kier alpha value is -5.00. The molecule has 0 radical (unpaired) electrons. The molecule has 0 saturated heterocycles. The molecule has 0 bridgehead atoms. The number of benzene rings is 1. The van der Waals surface area contributed by atoms with Crippen molar-refractivity contribution < 1.29 is 4.79 Å². The van der Waals surface area contributed by atoms with Gasteiger partial charge in [0.1, 0.15) is 17.7 Å². The number of anilines is 1. The molecule has 0 atom stereocenters. The van der Waals surface area contributed by atoms with Crippen molar-refractivity contribution in [3.8, 4) is 0 Å². The van der Waals surface area contributed by atoms with E-state index in [9.17, 15) is 14.4 Å². The second kappa shape index (κ2) is 13.9. The average Bonchev–Trinajstić information content (AvgIpc) is 3.38. The Morgan fingerprint density at radius 3 is 2.07 bits per heavy atom. The lowest BCUT2D eigenvalue weighted by Gasteiger charge is -2.09. The van der Waals surface area contributed by atoms with Crippen LogP contribution < -0.4 is 16.7 Å². The van der Waals surface area contributed by atoms with Crippen molar-refractivity contribution in [3.63, 3.8) is 0 Å². The highest BCUT2D eigenvalue weighted by Gasteiger charge is 2.09. The lowest BCUT2D eigenvalue weighted by molar-refractivity contribution is 0.102. The number of carbonyl (C=O) groups excluding carboxylic acids is 1. The minimum Gasteiger partial charge on any atom is -0.313 e. The third kappa shape index (κ3) is 8.24. The van der Waals surface area contributed by atoms with E-state index in [2.05, 4.69) is 44.1 Å². The van der Waals surface area contributed by atoms with Crippen molar-refractivity contribution >= 4 is 22.9 Å². The second-order valence-corrected chi connectivity index (χ2v) is 9.76. The first-order valence-electron chi connectivity index (χ1n) is 13.1. The smallest absolute Gasteiger partial charge is 0.313 e. The quantitative estimate of drug-likeness (QED) is 0.351. The SMILES string of the molecule is CC(C)n1ccc(NC(=O)c2ccccc2)nc1=O.Cc1ccn(C)c(=O)n1.Cc1ncnc2c1ncn2C(C)C. The summed E-state index contributed by atoms with van der Waals surface area (Å²) >= 11 is 0. The zero-order valence-corrected chi connectivity index (χ0v) is 24.3. The molecule has 0 spiro atoms. The number of nitrogens with zero attached hydrogens (tertiary/aromatic N) is 8. The summed E-state index contributed by atoms with van der Waals surface area (Å²) in [4.78, 5) is 54.4. The van der Waals surface area contributed by atoms with Crippen LogP contribution in [-0.4, -0.2) is 44.5 Å². The summed E-state index contributed by atoms with van der Waals surface area (Å²) in [6.07, 6.45) is 6.72. The van der Waals surface area contributed by atoms with Gasteiger partial charge in [-0.2, -0.15) is 9.97 Å². The molecule has 0 unspecified atom stereocenters. The number of nitrogens with one attached hydrogen (secondary N) is 1. The summed E-state index contributed by atoms with van der Waals surface area (Å²) in [6, 6.07) is 12.6. The predicted molar refractivity (Wildman–Crippen MR) is 158 cm³/mol. The Labute approximate surface area is 237 Å². The largest absolute Gasteiger partial charge is 0.349 e. The van der Waals surface area contributed by atoms with Crippen molar-refractivity contribution in [2.24, 2.45) is 7.05 Å². The van der Waals surface area contributed by atoms with Crippen LogP contribution in [0, 0.1) is 13.8 Å². The molecule has 4 aromatic heterocycles. The number of aryl methyl sites for hydroxylation is 3. The lowest BCUT2D eigenvalue weighted by Crippen LogP contribution is -2.25.